The molecule has 0 atom stereocenters. The molecule has 11 heteroatoms. The first kappa shape index (κ1) is 22.5. The number of hydrogen-bond acceptors (Lipinski definition) is 8. The van der Waals surface area contributed by atoms with E-state index in [1.807, 2.05) is 0 Å². The fraction of sp³-hybridized carbons (Fsp3) is 0.0952. The van der Waals surface area contributed by atoms with Crippen molar-refractivity contribution in [2.24, 2.45) is 5.10 Å². The van der Waals surface area contributed by atoms with Crippen LogP contribution in [0.4, 0.5) is 17.1 Å². The van der Waals surface area contributed by atoms with E-state index in [-0.39, 0.29) is 18.0 Å². The summed E-state index contributed by atoms with van der Waals surface area (Å²) in [7, 11) is 1.47. The first-order valence-electron chi connectivity index (χ1n) is 9.14. The van der Waals surface area contributed by atoms with Crippen LogP contribution in [0.2, 0.25) is 5.02 Å². The summed E-state index contributed by atoms with van der Waals surface area (Å²) in [5.74, 6) is 0.712. The maximum absolute atomic E-state index is 10.7. The van der Waals surface area contributed by atoms with E-state index in [0.29, 0.717) is 27.8 Å². The van der Waals surface area contributed by atoms with Crippen molar-refractivity contribution in [2.75, 3.05) is 12.5 Å². The summed E-state index contributed by atoms with van der Waals surface area (Å²) in [5, 5.41) is 25.8. The molecule has 0 fully saturated rings. The third-order valence-electron chi connectivity index (χ3n) is 4.27. The average molecular weight is 457 g/mol. The topological polar surface area (TPSA) is 129 Å². The number of nitro benzene ring substituents is 2. The summed E-state index contributed by atoms with van der Waals surface area (Å²) in [6.45, 7) is 0.142. The molecule has 0 heterocycles. The summed E-state index contributed by atoms with van der Waals surface area (Å²) >= 11 is 6.35. The van der Waals surface area contributed by atoms with E-state index in [9.17, 15) is 20.2 Å². The van der Waals surface area contributed by atoms with Crippen molar-refractivity contribution >= 4 is 34.9 Å². The maximum Gasteiger partial charge on any atom is 0.269 e. The molecule has 0 bridgehead atoms. The standard InChI is InChI=1S/C21H17ClN4O6/c1-31-20-11-15(12-23-24-16-4-8-18(9-5-16)26(29)30)10-19(22)21(20)32-13-14-2-6-17(7-3-14)25(27)28/h2-12,24H,13H2,1H3. The van der Waals surface area contributed by atoms with Crippen LogP contribution >= 0.6 is 11.6 Å². The number of nitrogens with one attached hydrogen (secondary N) is 1. The Morgan fingerprint density at radius 1 is 1.00 bits per heavy atom. The van der Waals surface area contributed by atoms with Crippen molar-refractivity contribution in [1.29, 1.82) is 0 Å². The molecule has 3 rings (SSSR count). The molecule has 10 nitrogen and oxygen atoms in total. The fourth-order valence-corrected chi connectivity index (χ4v) is 2.94. The number of non-ortho nitro benzene ring substituents is 2. The monoisotopic (exact) mass is 456 g/mol. The van der Waals surface area contributed by atoms with Gasteiger partial charge in [-0.2, -0.15) is 5.10 Å². The lowest BCUT2D eigenvalue weighted by Crippen LogP contribution is -2.00. The molecule has 1 N–H and O–H groups in total. The van der Waals surface area contributed by atoms with Gasteiger partial charge in [-0.05, 0) is 47.5 Å². The molecule has 32 heavy (non-hydrogen) atoms. The minimum Gasteiger partial charge on any atom is -0.493 e. The third-order valence-corrected chi connectivity index (χ3v) is 4.55. The smallest absolute Gasteiger partial charge is 0.269 e. The van der Waals surface area contributed by atoms with Crippen LogP contribution in [0.25, 0.3) is 0 Å². The fourth-order valence-electron chi connectivity index (χ4n) is 2.66. The van der Waals surface area contributed by atoms with Gasteiger partial charge in [0.25, 0.3) is 11.4 Å². The largest absolute Gasteiger partial charge is 0.493 e. The molecule has 0 radical (unpaired) electrons. The molecule has 0 amide bonds. The van der Waals surface area contributed by atoms with E-state index in [0.717, 1.165) is 5.56 Å². The van der Waals surface area contributed by atoms with Gasteiger partial charge < -0.3 is 9.47 Å². The number of ether oxygens (including phenoxy) is 2. The van der Waals surface area contributed by atoms with Gasteiger partial charge >= 0.3 is 0 Å². The van der Waals surface area contributed by atoms with Crippen LogP contribution in [0, 0.1) is 20.2 Å². The van der Waals surface area contributed by atoms with Gasteiger partial charge in [0.05, 0.1) is 33.9 Å². The number of nitrogens with zero attached hydrogens (tertiary/aromatic N) is 3. The Morgan fingerprint density at radius 3 is 2.16 bits per heavy atom. The van der Waals surface area contributed by atoms with Gasteiger partial charge in [0.2, 0.25) is 0 Å². The van der Waals surface area contributed by atoms with Gasteiger partial charge in [-0.3, -0.25) is 25.7 Å². The number of hydrogen-bond donors (Lipinski definition) is 1. The van der Waals surface area contributed by atoms with Crippen molar-refractivity contribution in [3.8, 4) is 11.5 Å². The predicted molar refractivity (Wildman–Crippen MR) is 120 cm³/mol. The van der Waals surface area contributed by atoms with Crippen LogP contribution in [0.15, 0.2) is 65.8 Å². The number of nitro groups is 2. The van der Waals surface area contributed by atoms with Gasteiger partial charge in [-0.15, -0.1) is 0 Å². The zero-order valence-corrected chi connectivity index (χ0v) is 17.5. The molecule has 3 aromatic rings. The molecule has 0 spiro atoms. The number of benzene rings is 3. The quantitative estimate of drug-likeness (QED) is 0.266. The molecule has 0 saturated carbocycles. The SMILES string of the molecule is COc1cc(C=NNc2ccc([N+](=O)[O-])cc2)cc(Cl)c1OCc1ccc([N+](=O)[O-])cc1. The van der Waals surface area contributed by atoms with Crippen molar-refractivity contribution in [1.82, 2.24) is 0 Å². The first-order chi connectivity index (χ1) is 15.4. The van der Waals surface area contributed by atoms with Crippen LogP contribution in [0.5, 0.6) is 11.5 Å². The molecule has 164 valence electrons. The summed E-state index contributed by atoms with van der Waals surface area (Å²) < 4.78 is 11.1. The zero-order valence-electron chi connectivity index (χ0n) is 16.7. The second-order valence-corrected chi connectivity index (χ2v) is 6.83. The minimum atomic E-state index is -0.480. The van der Waals surface area contributed by atoms with Gasteiger partial charge in [0.1, 0.15) is 6.61 Å². The normalized spacial score (nSPS) is 10.7. The second-order valence-electron chi connectivity index (χ2n) is 6.42. The molecule has 3 aromatic carbocycles. The lowest BCUT2D eigenvalue weighted by atomic mass is 10.2. The van der Waals surface area contributed by atoms with Gasteiger partial charge in [-0.1, -0.05) is 11.6 Å². The van der Waals surface area contributed by atoms with E-state index >= 15 is 0 Å². The Labute approximate surface area is 187 Å². The zero-order chi connectivity index (χ0) is 23.1. The lowest BCUT2D eigenvalue weighted by molar-refractivity contribution is -0.385. The van der Waals surface area contributed by atoms with Gasteiger partial charge in [-0.25, -0.2) is 0 Å². The molecular formula is C21H17ClN4O6. The van der Waals surface area contributed by atoms with Gasteiger partial charge in [0, 0.05) is 24.3 Å². The molecule has 0 aliphatic heterocycles. The van der Waals surface area contributed by atoms with Crippen LogP contribution in [0.3, 0.4) is 0 Å². The summed E-state index contributed by atoms with van der Waals surface area (Å²) in [5.41, 5.74) is 4.69. The van der Waals surface area contributed by atoms with Crippen molar-refractivity contribution in [3.05, 3.63) is 97.0 Å². The Balaban J connectivity index is 1.67. The highest BCUT2D eigenvalue weighted by Gasteiger charge is 2.13. The number of anilines is 1. The second kappa shape index (κ2) is 10.2. The van der Waals surface area contributed by atoms with Crippen LogP contribution in [-0.2, 0) is 6.61 Å². The maximum atomic E-state index is 10.7. The predicted octanol–water partition coefficient (Wildman–Crippen LogP) is 5.19. The molecule has 0 aromatic heterocycles. The summed E-state index contributed by atoms with van der Waals surface area (Å²) in [6.07, 6.45) is 1.51. The van der Waals surface area contributed by atoms with E-state index < -0.39 is 9.85 Å². The first-order valence-corrected chi connectivity index (χ1v) is 9.52. The van der Waals surface area contributed by atoms with Crippen molar-refractivity contribution < 1.29 is 19.3 Å². The Morgan fingerprint density at radius 2 is 1.59 bits per heavy atom. The van der Waals surface area contributed by atoms with Crippen LogP contribution in [-0.4, -0.2) is 23.2 Å². The van der Waals surface area contributed by atoms with E-state index in [2.05, 4.69) is 10.5 Å². The summed E-state index contributed by atoms with van der Waals surface area (Å²) in [6, 6.07) is 15.1. The van der Waals surface area contributed by atoms with E-state index in [4.69, 9.17) is 21.1 Å². The van der Waals surface area contributed by atoms with Crippen molar-refractivity contribution in [3.63, 3.8) is 0 Å². The van der Waals surface area contributed by atoms with E-state index in [1.54, 1.807) is 24.3 Å². The number of rotatable bonds is 9. The highest BCUT2D eigenvalue weighted by Crippen LogP contribution is 2.36. The van der Waals surface area contributed by atoms with Crippen molar-refractivity contribution in [2.45, 2.75) is 6.61 Å². The Hall–Kier alpha value is -4.18. The lowest BCUT2D eigenvalue weighted by Gasteiger charge is -2.13. The van der Waals surface area contributed by atoms with E-state index in [1.165, 1.54) is 49.7 Å². The minimum absolute atomic E-state index is 0.00432. The number of hydrazone groups is 1. The highest BCUT2D eigenvalue weighted by molar-refractivity contribution is 6.32. The Kier molecular flexibility index (Phi) is 7.19. The van der Waals surface area contributed by atoms with Crippen LogP contribution < -0.4 is 14.9 Å². The molecule has 0 saturated heterocycles. The van der Waals surface area contributed by atoms with Crippen LogP contribution in [0.1, 0.15) is 11.1 Å². The number of methoxy groups -OCH3 is 1. The molecule has 0 aliphatic rings. The molecule has 0 aliphatic carbocycles. The highest BCUT2D eigenvalue weighted by atomic mass is 35.5. The molecule has 0 unspecified atom stereocenters. The summed E-state index contributed by atoms with van der Waals surface area (Å²) in [4.78, 5) is 20.5. The third kappa shape index (κ3) is 5.70. The molecular weight excluding hydrogens is 440 g/mol. The average Bonchev–Trinajstić information content (AvgIpc) is 2.78. The Bertz CT molecular complexity index is 1150. The van der Waals surface area contributed by atoms with Gasteiger partial charge in [0.15, 0.2) is 11.5 Å². The number of halogens is 1.